The molecule has 18 nitrogen and oxygen atoms in total. The lowest BCUT2D eigenvalue weighted by Gasteiger charge is -2.34. The first-order valence-corrected chi connectivity index (χ1v) is 24.4. The summed E-state index contributed by atoms with van der Waals surface area (Å²) in [6, 6.07) is 20.2. The minimum Gasteiger partial charge on any atom is -0.496 e. The van der Waals surface area contributed by atoms with Crippen molar-refractivity contribution < 1.29 is 31.7 Å². The summed E-state index contributed by atoms with van der Waals surface area (Å²) >= 11 is 0. The van der Waals surface area contributed by atoms with Gasteiger partial charge in [-0.3, -0.25) is 4.72 Å². The van der Waals surface area contributed by atoms with Crippen molar-refractivity contribution in [2.45, 2.75) is 50.8 Å². The van der Waals surface area contributed by atoms with Crippen LogP contribution < -0.4 is 34.4 Å². The lowest BCUT2D eigenvalue weighted by molar-refractivity contribution is -0.760. The standard InChI is InChI=1S/C49H55FN13O5S/c1-31(2)69(64,65)57-36-8-7-9-37(22-36)62-17-15-33-27-51-48(56-47(33)62)53-35-10-12-39(43(23-35)66-5)34-28-59(4)63(29-34)45-13-11-38(68-45)30-61-16-14-32-26-52-49(55-46(32)61)54-41-24-40(50)42(25-44(41)67-6)60-20-18-58(3)19-21-60/h7-10,12,14-17,22-29,31,38,45,57H,11,13,18-21,30H2,1-6H3,(H,51,53,56)(H,52,54,55)/q+1/t38-,45?/m1/s1. The van der Waals surface area contributed by atoms with Gasteiger partial charge in [0, 0.05) is 103 Å². The van der Waals surface area contributed by atoms with Crippen LogP contribution in [0.15, 0.2) is 104 Å². The normalized spacial score (nSPS) is 16.7. The molecule has 0 aliphatic carbocycles. The number of anilines is 6. The number of aryl methyl sites for hydroxylation is 1. The quantitative estimate of drug-likeness (QED) is 0.0870. The average molecular weight is 957 g/mol. The average Bonchev–Trinajstić information content (AvgIpc) is 4.16. The van der Waals surface area contributed by atoms with E-state index >= 15 is 4.39 Å². The number of methoxy groups -OCH3 is 2. The molecule has 8 aromatic rings. The highest BCUT2D eigenvalue weighted by Gasteiger charge is 2.32. The van der Waals surface area contributed by atoms with Crippen LogP contribution in [0.25, 0.3) is 38.9 Å². The van der Waals surface area contributed by atoms with Crippen LogP contribution in [0.4, 0.5) is 39.0 Å². The molecular weight excluding hydrogens is 902 g/mol. The lowest BCUT2D eigenvalue weighted by atomic mass is 10.1. The van der Waals surface area contributed by atoms with Gasteiger partial charge in [0.25, 0.3) is 0 Å². The Balaban J connectivity index is 0.807. The van der Waals surface area contributed by atoms with Gasteiger partial charge in [-0.1, -0.05) is 6.07 Å². The minimum atomic E-state index is -3.51. The summed E-state index contributed by atoms with van der Waals surface area (Å²) in [7, 11) is 3.78. The molecule has 0 saturated carbocycles. The highest BCUT2D eigenvalue weighted by atomic mass is 32.2. The number of rotatable bonds is 15. The summed E-state index contributed by atoms with van der Waals surface area (Å²) in [6.07, 6.45) is 12.9. The lowest BCUT2D eigenvalue weighted by Crippen LogP contribution is -2.44. The Kier molecular flexibility index (Phi) is 12.3. The maximum atomic E-state index is 15.5. The highest BCUT2D eigenvalue weighted by Crippen LogP contribution is 2.37. The van der Waals surface area contributed by atoms with Crippen LogP contribution in [0.1, 0.15) is 32.9 Å². The number of nitrogens with zero attached hydrogens (tertiary/aromatic N) is 10. The second kappa shape index (κ2) is 18.7. The van der Waals surface area contributed by atoms with E-state index in [-0.39, 0.29) is 18.1 Å². The summed E-state index contributed by atoms with van der Waals surface area (Å²) in [5.74, 6) is 1.56. The Morgan fingerprint density at radius 3 is 2.36 bits per heavy atom. The van der Waals surface area contributed by atoms with Crippen molar-refractivity contribution in [2.24, 2.45) is 7.05 Å². The molecule has 0 spiro atoms. The van der Waals surface area contributed by atoms with Crippen LogP contribution in [0.5, 0.6) is 11.5 Å². The fourth-order valence-electron chi connectivity index (χ4n) is 8.92. The van der Waals surface area contributed by atoms with Crippen molar-refractivity contribution in [2.75, 3.05) is 67.7 Å². The number of fused-ring (bicyclic) bond motifs is 2. The van der Waals surface area contributed by atoms with E-state index in [2.05, 4.69) is 58.9 Å². The Morgan fingerprint density at radius 1 is 0.855 bits per heavy atom. The van der Waals surface area contributed by atoms with E-state index in [1.807, 2.05) is 70.0 Å². The van der Waals surface area contributed by atoms with Crippen LogP contribution in [0.3, 0.4) is 0 Å². The molecule has 2 atom stereocenters. The fraction of sp³-hybridized carbons (Fsp3) is 0.327. The molecule has 3 N–H and O–H groups in total. The van der Waals surface area contributed by atoms with Gasteiger partial charge in [-0.05, 0) is 69.8 Å². The molecule has 3 aromatic carbocycles. The van der Waals surface area contributed by atoms with E-state index in [4.69, 9.17) is 24.2 Å². The van der Waals surface area contributed by atoms with Crippen LogP contribution in [0, 0.1) is 5.82 Å². The number of piperazine rings is 1. The molecule has 2 saturated heterocycles. The monoisotopic (exact) mass is 956 g/mol. The van der Waals surface area contributed by atoms with Gasteiger partial charge in [0.15, 0.2) is 13.3 Å². The van der Waals surface area contributed by atoms with E-state index in [1.54, 1.807) is 64.7 Å². The van der Waals surface area contributed by atoms with Gasteiger partial charge >= 0.3 is 0 Å². The topological polar surface area (TPSA) is 175 Å². The molecule has 2 aliphatic rings. The highest BCUT2D eigenvalue weighted by molar-refractivity contribution is 7.93. The second-order valence-electron chi connectivity index (χ2n) is 17.8. The predicted molar refractivity (Wildman–Crippen MR) is 264 cm³/mol. The number of ether oxygens (including phenoxy) is 3. The van der Waals surface area contributed by atoms with Crippen molar-refractivity contribution in [3.8, 4) is 28.3 Å². The van der Waals surface area contributed by atoms with Gasteiger partial charge in [0.2, 0.25) is 28.1 Å². The Labute approximate surface area is 399 Å². The number of likely N-dealkylation sites (N-methyl/N-ethyl adjacent to an activating group) is 1. The SMILES string of the molecule is COc1cc(N2CCN(C)CC2)c(F)cc1Nc1ncc2ccn(C[C@H]3CCC(n4cc(-c5ccc(Nc6ncc7ccn(-c8cccc(NS(=O)(=O)C(C)C)c8)c7n6)cc5OC)c[n+]4C)O3)c2n1. The second-order valence-corrected chi connectivity index (χ2v) is 20.0. The molecule has 20 heteroatoms. The summed E-state index contributed by atoms with van der Waals surface area (Å²) < 4.78 is 69.7. The van der Waals surface area contributed by atoms with Gasteiger partial charge < -0.3 is 43.8 Å². The molecule has 2 fully saturated rings. The largest absolute Gasteiger partial charge is 0.496 e. The maximum absolute atomic E-state index is 15.5. The van der Waals surface area contributed by atoms with E-state index in [0.29, 0.717) is 52.6 Å². The van der Waals surface area contributed by atoms with E-state index < -0.39 is 15.3 Å². The summed E-state index contributed by atoms with van der Waals surface area (Å²) in [4.78, 5) is 23.1. The van der Waals surface area contributed by atoms with Crippen LogP contribution in [0.2, 0.25) is 0 Å². The van der Waals surface area contributed by atoms with Crippen molar-refractivity contribution in [1.29, 1.82) is 0 Å². The number of nitrogens with one attached hydrogen (secondary N) is 3. The van der Waals surface area contributed by atoms with Crippen molar-refractivity contribution in [1.82, 2.24) is 38.7 Å². The number of sulfonamides is 1. The number of hydrogen-bond donors (Lipinski definition) is 3. The third-order valence-electron chi connectivity index (χ3n) is 12.8. The fourth-order valence-corrected chi connectivity index (χ4v) is 9.61. The number of halogens is 1. The zero-order chi connectivity index (χ0) is 48.0. The first-order chi connectivity index (χ1) is 33.3. The predicted octanol–water partition coefficient (Wildman–Crippen LogP) is 7.38. The number of hydrogen-bond acceptors (Lipinski definition) is 13. The van der Waals surface area contributed by atoms with Gasteiger partial charge in [0.05, 0.1) is 60.9 Å². The smallest absolute Gasteiger partial charge is 0.235 e. The molecule has 0 amide bonds. The Morgan fingerprint density at radius 2 is 1.59 bits per heavy atom. The molecule has 2 aliphatic heterocycles. The van der Waals surface area contributed by atoms with Crippen LogP contribution in [-0.4, -0.2) is 106 Å². The van der Waals surface area contributed by atoms with E-state index in [1.165, 1.54) is 6.07 Å². The zero-order valence-electron chi connectivity index (χ0n) is 39.3. The van der Waals surface area contributed by atoms with Gasteiger partial charge in [0.1, 0.15) is 28.6 Å². The van der Waals surface area contributed by atoms with Crippen molar-refractivity contribution >= 4 is 66.7 Å². The molecule has 0 bridgehead atoms. The molecule has 1 unspecified atom stereocenters. The van der Waals surface area contributed by atoms with Crippen molar-refractivity contribution in [3.05, 3.63) is 110 Å². The van der Waals surface area contributed by atoms with Crippen LogP contribution >= 0.6 is 0 Å². The minimum absolute atomic E-state index is 0.0703. The first kappa shape index (κ1) is 45.5. The summed E-state index contributed by atoms with van der Waals surface area (Å²) in [5.41, 5.74) is 6.17. The van der Waals surface area contributed by atoms with Gasteiger partial charge in [-0.2, -0.15) is 9.97 Å². The molecule has 69 heavy (non-hydrogen) atoms. The first-order valence-electron chi connectivity index (χ1n) is 22.9. The molecule has 7 heterocycles. The molecule has 358 valence electrons. The van der Waals surface area contributed by atoms with Crippen LogP contribution in [-0.2, 0) is 28.4 Å². The maximum Gasteiger partial charge on any atom is 0.235 e. The summed E-state index contributed by atoms with van der Waals surface area (Å²) in [5, 5.41) is 7.66. The zero-order valence-corrected chi connectivity index (χ0v) is 40.1. The molecule has 0 radical (unpaired) electrons. The van der Waals surface area contributed by atoms with Crippen molar-refractivity contribution in [3.63, 3.8) is 0 Å². The summed E-state index contributed by atoms with van der Waals surface area (Å²) in [6.45, 7) is 7.07. The third-order valence-corrected chi connectivity index (χ3v) is 14.6. The molecule has 10 rings (SSSR count). The van der Waals surface area contributed by atoms with Gasteiger partial charge in [-0.25, -0.2) is 22.8 Å². The van der Waals surface area contributed by atoms with Gasteiger partial charge in [-0.15, -0.1) is 9.36 Å². The molecular formula is C49H55FN13O5S+. The Hall–Kier alpha value is -7.29. The molecule has 5 aromatic heterocycles. The van der Waals surface area contributed by atoms with E-state index in [0.717, 1.165) is 77.9 Å². The third kappa shape index (κ3) is 9.34. The Bertz CT molecular complexity index is 3290. The number of aromatic nitrogens is 8. The number of benzene rings is 3. The van der Waals surface area contributed by atoms with E-state index in [9.17, 15) is 8.42 Å².